The molecule has 1 N–H and O–H groups in total. The molecule has 0 unspecified atom stereocenters. The van der Waals surface area contributed by atoms with Crippen molar-refractivity contribution < 1.29 is 9.53 Å². The summed E-state index contributed by atoms with van der Waals surface area (Å²) in [4.78, 5) is 20.6. The number of hydrogen-bond acceptors (Lipinski definition) is 4. The molecule has 0 spiro atoms. The number of rotatable bonds is 5. The number of para-hydroxylation sites is 1. The summed E-state index contributed by atoms with van der Waals surface area (Å²) in [7, 11) is 0. The minimum absolute atomic E-state index is 0.143. The Hall–Kier alpha value is -3.73. The van der Waals surface area contributed by atoms with Crippen LogP contribution in [0.5, 0.6) is 11.5 Å². The third-order valence-corrected chi connectivity index (χ3v) is 4.10. The Morgan fingerprint density at radius 2 is 1.78 bits per heavy atom. The van der Waals surface area contributed by atoms with E-state index in [1.807, 2.05) is 60.7 Å². The van der Waals surface area contributed by atoms with Crippen molar-refractivity contribution in [1.29, 1.82) is 0 Å². The van der Waals surface area contributed by atoms with E-state index in [0.29, 0.717) is 12.1 Å². The van der Waals surface area contributed by atoms with Crippen LogP contribution in [0.3, 0.4) is 0 Å². The van der Waals surface area contributed by atoms with Gasteiger partial charge in [0, 0.05) is 23.7 Å². The summed E-state index contributed by atoms with van der Waals surface area (Å²) >= 11 is 0. The first-order valence-corrected chi connectivity index (χ1v) is 8.58. The molecular formula is C22H17N3O2. The second kappa shape index (κ2) is 7.66. The van der Waals surface area contributed by atoms with Crippen molar-refractivity contribution in [3.8, 4) is 11.5 Å². The fraction of sp³-hybridized carbons (Fsp3) is 0.0455. The number of aromatic nitrogens is 2. The lowest BCUT2D eigenvalue weighted by Crippen LogP contribution is -2.22. The number of benzene rings is 3. The normalized spacial score (nSPS) is 10.5. The van der Waals surface area contributed by atoms with Gasteiger partial charge in [0.25, 0.3) is 5.91 Å². The van der Waals surface area contributed by atoms with E-state index in [4.69, 9.17) is 4.74 Å². The van der Waals surface area contributed by atoms with Gasteiger partial charge in [-0.15, -0.1) is 0 Å². The average Bonchev–Trinajstić information content (AvgIpc) is 2.73. The van der Waals surface area contributed by atoms with Crippen LogP contribution in [0.1, 0.15) is 15.9 Å². The lowest BCUT2D eigenvalue weighted by atomic mass is 10.1. The topological polar surface area (TPSA) is 64.1 Å². The lowest BCUT2D eigenvalue weighted by molar-refractivity contribution is 0.0951. The fourth-order valence-corrected chi connectivity index (χ4v) is 2.75. The van der Waals surface area contributed by atoms with Crippen LogP contribution in [0.15, 0.2) is 85.3 Å². The Morgan fingerprint density at radius 3 is 2.67 bits per heavy atom. The summed E-state index contributed by atoms with van der Waals surface area (Å²) in [6.07, 6.45) is 3.19. The smallest absolute Gasteiger partial charge is 0.251 e. The van der Waals surface area contributed by atoms with Crippen molar-refractivity contribution in [1.82, 2.24) is 15.3 Å². The second-order valence-corrected chi connectivity index (χ2v) is 6.04. The van der Waals surface area contributed by atoms with Crippen molar-refractivity contribution in [3.05, 3.63) is 96.4 Å². The zero-order valence-electron chi connectivity index (χ0n) is 14.5. The number of nitrogens with one attached hydrogen (secondary N) is 1. The van der Waals surface area contributed by atoms with Gasteiger partial charge in [-0.1, -0.05) is 30.3 Å². The second-order valence-electron chi connectivity index (χ2n) is 6.04. The van der Waals surface area contributed by atoms with E-state index in [1.165, 1.54) is 6.33 Å². The van der Waals surface area contributed by atoms with Crippen LogP contribution >= 0.6 is 0 Å². The maximum absolute atomic E-state index is 12.5. The number of amides is 1. The van der Waals surface area contributed by atoms with E-state index in [9.17, 15) is 4.79 Å². The third kappa shape index (κ3) is 4.10. The molecule has 0 aliphatic heterocycles. The molecule has 0 fully saturated rings. The summed E-state index contributed by atoms with van der Waals surface area (Å²) in [5.74, 6) is 1.36. The van der Waals surface area contributed by atoms with Crippen LogP contribution < -0.4 is 10.1 Å². The van der Waals surface area contributed by atoms with E-state index in [0.717, 1.165) is 28.0 Å². The van der Waals surface area contributed by atoms with Crippen molar-refractivity contribution in [2.45, 2.75) is 6.54 Å². The minimum Gasteiger partial charge on any atom is -0.457 e. The molecule has 0 atom stereocenters. The van der Waals surface area contributed by atoms with E-state index in [2.05, 4.69) is 15.3 Å². The van der Waals surface area contributed by atoms with Gasteiger partial charge in [-0.05, 0) is 48.0 Å². The average molecular weight is 355 g/mol. The van der Waals surface area contributed by atoms with Gasteiger partial charge in [-0.2, -0.15) is 0 Å². The zero-order valence-corrected chi connectivity index (χ0v) is 14.5. The van der Waals surface area contributed by atoms with E-state index < -0.39 is 0 Å². The fourth-order valence-electron chi connectivity index (χ4n) is 2.75. The maximum atomic E-state index is 12.5. The molecule has 1 heterocycles. The molecule has 0 radical (unpaired) electrons. The molecule has 27 heavy (non-hydrogen) atoms. The van der Waals surface area contributed by atoms with Crippen molar-refractivity contribution in [3.63, 3.8) is 0 Å². The molecule has 0 aliphatic rings. The predicted molar refractivity (Wildman–Crippen MR) is 104 cm³/mol. The minimum atomic E-state index is -0.143. The largest absolute Gasteiger partial charge is 0.457 e. The molecule has 4 rings (SSSR count). The summed E-state index contributed by atoms with van der Waals surface area (Å²) in [5.41, 5.74) is 2.35. The summed E-state index contributed by atoms with van der Waals surface area (Å²) < 4.78 is 5.83. The van der Waals surface area contributed by atoms with Crippen LogP contribution in [-0.4, -0.2) is 15.9 Å². The Labute approximate surface area is 156 Å². The standard InChI is InChI=1S/C22H17N3O2/c26-22(17-9-10-21-18(12-17)14-23-15-25-21)24-13-16-5-4-8-20(11-16)27-19-6-2-1-3-7-19/h1-12,14-15H,13H2,(H,24,26). The summed E-state index contributed by atoms with van der Waals surface area (Å²) in [6, 6.07) is 22.6. The van der Waals surface area contributed by atoms with Crippen molar-refractivity contribution in [2.75, 3.05) is 0 Å². The van der Waals surface area contributed by atoms with Gasteiger partial charge in [0.05, 0.1) is 5.52 Å². The molecule has 5 heteroatoms. The molecule has 0 aliphatic carbocycles. The molecule has 1 aromatic heterocycles. The monoisotopic (exact) mass is 355 g/mol. The van der Waals surface area contributed by atoms with Gasteiger partial charge < -0.3 is 10.1 Å². The van der Waals surface area contributed by atoms with Crippen molar-refractivity contribution >= 4 is 16.8 Å². The van der Waals surface area contributed by atoms with Crippen LogP contribution in [-0.2, 0) is 6.54 Å². The Morgan fingerprint density at radius 1 is 0.926 bits per heavy atom. The molecule has 3 aromatic carbocycles. The van der Waals surface area contributed by atoms with Crippen LogP contribution in [0.25, 0.3) is 10.9 Å². The molecule has 0 saturated heterocycles. The van der Waals surface area contributed by atoms with Gasteiger partial charge in [0.15, 0.2) is 0 Å². The number of hydrogen-bond donors (Lipinski definition) is 1. The third-order valence-electron chi connectivity index (χ3n) is 4.10. The Balaban J connectivity index is 1.43. The maximum Gasteiger partial charge on any atom is 0.251 e. The predicted octanol–water partition coefficient (Wildman–Crippen LogP) is 4.35. The highest BCUT2D eigenvalue weighted by Crippen LogP contribution is 2.21. The zero-order chi connectivity index (χ0) is 18.5. The Kier molecular flexibility index (Phi) is 4.74. The first-order chi connectivity index (χ1) is 13.3. The van der Waals surface area contributed by atoms with Gasteiger partial charge in [-0.3, -0.25) is 4.79 Å². The van der Waals surface area contributed by atoms with Gasteiger partial charge >= 0.3 is 0 Å². The number of nitrogens with zero attached hydrogens (tertiary/aromatic N) is 2. The first-order valence-electron chi connectivity index (χ1n) is 8.58. The van der Waals surface area contributed by atoms with Crippen LogP contribution in [0.4, 0.5) is 0 Å². The van der Waals surface area contributed by atoms with Crippen LogP contribution in [0, 0.1) is 0 Å². The summed E-state index contributed by atoms with van der Waals surface area (Å²) in [5, 5.41) is 3.77. The van der Waals surface area contributed by atoms with Crippen molar-refractivity contribution in [2.24, 2.45) is 0 Å². The highest BCUT2D eigenvalue weighted by molar-refractivity contribution is 5.97. The van der Waals surface area contributed by atoms with Crippen LogP contribution in [0.2, 0.25) is 0 Å². The van der Waals surface area contributed by atoms with Gasteiger partial charge in [0.2, 0.25) is 0 Å². The molecule has 132 valence electrons. The number of carbonyl (C=O) groups excluding carboxylic acids is 1. The van der Waals surface area contributed by atoms with Gasteiger partial charge in [0.1, 0.15) is 17.8 Å². The SMILES string of the molecule is O=C(NCc1cccc(Oc2ccccc2)c1)c1ccc2ncncc2c1. The summed E-state index contributed by atoms with van der Waals surface area (Å²) in [6.45, 7) is 0.411. The van der Waals surface area contributed by atoms with E-state index >= 15 is 0 Å². The highest BCUT2D eigenvalue weighted by atomic mass is 16.5. The first kappa shape index (κ1) is 16.7. The van der Waals surface area contributed by atoms with E-state index in [1.54, 1.807) is 18.3 Å². The lowest BCUT2D eigenvalue weighted by Gasteiger charge is -2.09. The molecule has 0 bridgehead atoms. The quantitative estimate of drug-likeness (QED) is 0.578. The van der Waals surface area contributed by atoms with E-state index in [-0.39, 0.29) is 5.91 Å². The molecule has 5 nitrogen and oxygen atoms in total. The molecule has 1 amide bonds. The number of ether oxygens (including phenoxy) is 1. The molecule has 4 aromatic rings. The van der Waals surface area contributed by atoms with Gasteiger partial charge in [-0.25, -0.2) is 9.97 Å². The number of fused-ring (bicyclic) bond motifs is 1. The molecular weight excluding hydrogens is 338 g/mol. The number of carbonyl (C=O) groups is 1. The molecule has 0 saturated carbocycles. The Bertz CT molecular complexity index is 1080. The highest BCUT2D eigenvalue weighted by Gasteiger charge is 2.07.